The lowest BCUT2D eigenvalue weighted by atomic mass is 9.79. The highest BCUT2D eigenvalue weighted by molar-refractivity contribution is 5.83. The van der Waals surface area contributed by atoms with Gasteiger partial charge >= 0.3 is 5.97 Å². The standard InChI is InChI=1S/C29H39N3O3/c1-31-17-4-8-25(31)9-5-18-32-19-15-22(24(21-32)10-13-29(33)34)6-3-7-23-14-16-30-28-12-11-26(35-2)20-27(23)28/h4,8,11-12,14,16-17,20,22,24H,3,5-7,9-10,13,15,18-19,21H2,1-2H3,(H,33,34)/t22-,24+/m1/s1. The smallest absolute Gasteiger partial charge is 0.303 e. The maximum atomic E-state index is 11.3. The molecule has 0 saturated carbocycles. The molecule has 3 aromatic rings. The van der Waals surface area contributed by atoms with Crippen molar-refractivity contribution in [1.29, 1.82) is 0 Å². The lowest BCUT2D eigenvalue weighted by Gasteiger charge is -2.39. The van der Waals surface area contributed by atoms with Crippen molar-refractivity contribution in [3.8, 4) is 5.75 Å². The highest BCUT2D eigenvalue weighted by atomic mass is 16.5. The molecule has 6 heteroatoms. The second-order valence-electron chi connectivity index (χ2n) is 10.0. The molecular weight excluding hydrogens is 438 g/mol. The van der Waals surface area contributed by atoms with Gasteiger partial charge in [-0.3, -0.25) is 9.78 Å². The zero-order chi connectivity index (χ0) is 24.6. The van der Waals surface area contributed by atoms with Crippen molar-refractivity contribution in [2.45, 2.75) is 51.4 Å². The van der Waals surface area contributed by atoms with Crippen LogP contribution in [0.2, 0.25) is 0 Å². The molecule has 1 aliphatic heterocycles. The quantitative estimate of drug-likeness (QED) is 0.381. The van der Waals surface area contributed by atoms with Crippen LogP contribution in [0.1, 0.15) is 49.8 Å². The number of methoxy groups -OCH3 is 1. The highest BCUT2D eigenvalue weighted by Crippen LogP contribution is 2.32. The lowest BCUT2D eigenvalue weighted by Crippen LogP contribution is -2.41. The van der Waals surface area contributed by atoms with E-state index in [1.807, 2.05) is 18.3 Å². The number of benzene rings is 1. The maximum absolute atomic E-state index is 11.3. The number of ether oxygens (including phenoxy) is 1. The molecule has 188 valence electrons. The van der Waals surface area contributed by atoms with E-state index in [0.29, 0.717) is 11.8 Å². The molecule has 0 spiro atoms. The number of hydrogen-bond acceptors (Lipinski definition) is 4. The summed E-state index contributed by atoms with van der Waals surface area (Å²) < 4.78 is 7.62. The lowest BCUT2D eigenvalue weighted by molar-refractivity contribution is -0.137. The molecule has 6 nitrogen and oxygen atoms in total. The average Bonchev–Trinajstić information content (AvgIpc) is 3.28. The van der Waals surface area contributed by atoms with E-state index in [0.717, 1.165) is 69.4 Å². The van der Waals surface area contributed by atoms with Crippen LogP contribution in [0.25, 0.3) is 10.9 Å². The van der Waals surface area contributed by atoms with Crippen LogP contribution < -0.4 is 4.74 Å². The summed E-state index contributed by atoms with van der Waals surface area (Å²) in [4.78, 5) is 18.4. The SMILES string of the molecule is COc1ccc2nccc(CCC[C@@H]3CCN(CCCc4cccn4C)C[C@@H]3CCC(=O)O)c2c1. The number of carbonyl (C=O) groups is 1. The van der Waals surface area contributed by atoms with E-state index in [1.165, 1.54) is 23.1 Å². The molecule has 0 aliphatic carbocycles. The van der Waals surface area contributed by atoms with Gasteiger partial charge in [0.1, 0.15) is 5.75 Å². The number of likely N-dealkylation sites (tertiary alicyclic amines) is 1. The molecule has 4 rings (SSSR count). The molecule has 2 aromatic heterocycles. The minimum absolute atomic E-state index is 0.271. The van der Waals surface area contributed by atoms with Gasteiger partial charge in [-0.15, -0.1) is 0 Å². The first-order valence-corrected chi connectivity index (χ1v) is 13.0. The van der Waals surface area contributed by atoms with Gasteiger partial charge in [-0.05, 0) is 112 Å². The second kappa shape index (κ2) is 12.2. The van der Waals surface area contributed by atoms with Gasteiger partial charge in [-0.2, -0.15) is 0 Å². The largest absolute Gasteiger partial charge is 0.497 e. The van der Waals surface area contributed by atoms with Crippen LogP contribution in [0.4, 0.5) is 0 Å². The number of aromatic nitrogens is 2. The molecule has 1 N–H and O–H groups in total. The van der Waals surface area contributed by atoms with Gasteiger partial charge in [0.2, 0.25) is 0 Å². The van der Waals surface area contributed by atoms with Gasteiger partial charge in [0.25, 0.3) is 0 Å². The van der Waals surface area contributed by atoms with E-state index in [9.17, 15) is 9.90 Å². The Balaban J connectivity index is 1.32. The third kappa shape index (κ3) is 6.85. The van der Waals surface area contributed by atoms with Crippen molar-refractivity contribution < 1.29 is 14.6 Å². The Bertz CT molecular complexity index is 1110. The van der Waals surface area contributed by atoms with Crippen molar-refractivity contribution in [2.75, 3.05) is 26.7 Å². The van der Waals surface area contributed by atoms with Crippen LogP contribution >= 0.6 is 0 Å². The van der Waals surface area contributed by atoms with Crippen molar-refractivity contribution in [3.05, 3.63) is 60.0 Å². The molecule has 35 heavy (non-hydrogen) atoms. The molecule has 0 bridgehead atoms. The van der Waals surface area contributed by atoms with Gasteiger partial charge in [0, 0.05) is 43.5 Å². The molecule has 2 atom stereocenters. The van der Waals surface area contributed by atoms with Crippen LogP contribution in [-0.4, -0.2) is 52.3 Å². The number of aliphatic carboxylic acids is 1. The first kappa shape index (κ1) is 25.2. The van der Waals surface area contributed by atoms with Crippen LogP contribution in [0.5, 0.6) is 5.75 Å². The first-order valence-electron chi connectivity index (χ1n) is 13.0. The summed E-state index contributed by atoms with van der Waals surface area (Å²) in [5.41, 5.74) is 3.70. The Labute approximate surface area is 208 Å². The molecule has 3 heterocycles. The Morgan fingerprint density at radius 2 is 2.03 bits per heavy atom. The molecule has 1 fully saturated rings. The number of piperidine rings is 1. The molecule has 0 radical (unpaired) electrons. The fourth-order valence-electron chi connectivity index (χ4n) is 5.70. The Morgan fingerprint density at radius 1 is 1.14 bits per heavy atom. The zero-order valence-electron chi connectivity index (χ0n) is 21.2. The van der Waals surface area contributed by atoms with E-state index in [4.69, 9.17) is 4.74 Å². The van der Waals surface area contributed by atoms with E-state index in [-0.39, 0.29) is 6.42 Å². The summed E-state index contributed by atoms with van der Waals surface area (Å²) in [5.74, 6) is 1.24. The van der Waals surface area contributed by atoms with Crippen LogP contribution in [-0.2, 0) is 24.7 Å². The summed E-state index contributed by atoms with van der Waals surface area (Å²) in [5, 5.41) is 10.5. The summed E-state index contributed by atoms with van der Waals surface area (Å²) >= 11 is 0. The third-order valence-corrected chi connectivity index (χ3v) is 7.72. The second-order valence-corrected chi connectivity index (χ2v) is 10.0. The van der Waals surface area contributed by atoms with Gasteiger partial charge in [0.15, 0.2) is 0 Å². The number of fused-ring (bicyclic) bond motifs is 1. The topological polar surface area (TPSA) is 67.6 Å². The number of carboxylic acids is 1. The number of carboxylic acid groups (broad SMARTS) is 1. The molecule has 0 amide bonds. The predicted molar refractivity (Wildman–Crippen MR) is 140 cm³/mol. The number of aryl methyl sites for hydroxylation is 3. The fraction of sp³-hybridized carbons (Fsp3) is 0.517. The van der Waals surface area contributed by atoms with Crippen molar-refractivity contribution in [2.24, 2.45) is 18.9 Å². The number of nitrogens with zero attached hydrogens (tertiary/aromatic N) is 3. The van der Waals surface area contributed by atoms with Gasteiger partial charge < -0.3 is 19.3 Å². The number of rotatable bonds is 12. The number of hydrogen-bond donors (Lipinski definition) is 1. The van der Waals surface area contributed by atoms with Crippen molar-refractivity contribution in [3.63, 3.8) is 0 Å². The molecule has 1 aliphatic rings. The summed E-state index contributed by atoms with van der Waals surface area (Å²) in [6, 6.07) is 12.5. The molecule has 1 saturated heterocycles. The van der Waals surface area contributed by atoms with Crippen LogP contribution in [0, 0.1) is 11.8 Å². The molecule has 1 aromatic carbocycles. The minimum atomic E-state index is -0.679. The monoisotopic (exact) mass is 477 g/mol. The summed E-state index contributed by atoms with van der Waals surface area (Å²) in [6.07, 6.45) is 11.7. The summed E-state index contributed by atoms with van der Waals surface area (Å²) in [6.45, 7) is 3.24. The van der Waals surface area contributed by atoms with Crippen LogP contribution in [0.15, 0.2) is 48.8 Å². The van der Waals surface area contributed by atoms with E-state index in [1.54, 1.807) is 7.11 Å². The average molecular weight is 478 g/mol. The maximum Gasteiger partial charge on any atom is 0.303 e. The van der Waals surface area contributed by atoms with Gasteiger partial charge in [0.05, 0.1) is 12.6 Å². The Morgan fingerprint density at radius 3 is 2.80 bits per heavy atom. The van der Waals surface area contributed by atoms with E-state index < -0.39 is 5.97 Å². The van der Waals surface area contributed by atoms with Crippen molar-refractivity contribution >= 4 is 16.9 Å². The third-order valence-electron chi connectivity index (χ3n) is 7.72. The van der Waals surface area contributed by atoms with Gasteiger partial charge in [-0.25, -0.2) is 0 Å². The normalized spacial score (nSPS) is 18.7. The summed E-state index contributed by atoms with van der Waals surface area (Å²) in [7, 11) is 3.80. The zero-order valence-corrected chi connectivity index (χ0v) is 21.2. The van der Waals surface area contributed by atoms with E-state index in [2.05, 4.69) is 52.0 Å². The fourth-order valence-corrected chi connectivity index (χ4v) is 5.70. The molecular formula is C29H39N3O3. The molecule has 0 unspecified atom stereocenters. The highest BCUT2D eigenvalue weighted by Gasteiger charge is 2.29. The number of pyridine rings is 1. The minimum Gasteiger partial charge on any atom is -0.497 e. The Hall–Kier alpha value is -2.86. The van der Waals surface area contributed by atoms with Crippen molar-refractivity contribution in [1.82, 2.24) is 14.5 Å². The van der Waals surface area contributed by atoms with E-state index >= 15 is 0 Å². The Kier molecular flexibility index (Phi) is 8.80. The first-order chi connectivity index (χ1) is 17.0. The predicted octanol–water partition coefficient (Wildman–Crippen LogP) is 5.34. The van der Waals surface area contributed by atoms with Gasteiger partial charge in [-0.1, -0.05) is 0 Å². The van der Waals surface area contributed by atoms with Crippen LogP contribution in [0.3, 0.4) is 0 Å².